The first-order chi connectivity index (χ1) is 9.93. The van der Waals surface area contributed by atoms with Gasteiger partial charge in [-0.15, -0.1) is 0 Å². The van der Waals surface area contributed by atoms with Gasteiger partial charge in [0, 0.05) is 37.7 Å². The lowest BCUT2D eigenvalue weighted by Crippen LogP contribution is -2.28. The molecule has 0 aliphatic heterocycles. The smallest absolute Gasteiger partial charge is 0.303 e. The Morgan fingerprint density at radius 1 is 1.29 bits per heavy atom. The molecular formula is C15H20N2O4. The number of rotatable bonds is 7. The van der Waals surface area contributed by atoms with E-state index < -0.39 is 5.97 Å². The summed E-state index contributed by atoms with van der Waals surface area (Å²) in [5, 5.41) is 11.3. The molecule has 6 heteroatoms. The van der Waals surface area contributed by atoms with Crippen LogP contribution in [0.4, 0.5) is 5.69 Å². The molecule has 0 heterocycles. The van der Waals surface area contributed by atoms with Crippen LogP contribution in [-0.4, -0.2) is 41.4 Å². The second kappa shape index (κ2) is 8.04. The number of hydrogen-bond donors (Lipinski definition) is 2. The Kier molecular flexibility index (Phi) is 6.39. The minimum Gasteiger partial charge on any atom is -0.481 e. The summed E-state index contributed by atoms with van der Waals surface area (Å²) in [5.41, 5.74) is 1.04. The van der Waals surface area contributed by atoms with Gasteiger partial charge in [-0.3, -0.25) is 14.4 Å². The van der Waals surface area contributed by atoms with E-state index in [0.29, 0.717) is 30.6 Å². The Balaban J connectivity index is 2.66. The fourth-order valence-electron chi connectivity index (χ4n) is 1.77. The topological polar surface area (TPSA) is 86.7 Å². The number of amides is 2. The number of nitrogens with zero attached hydrogens (tertiary/aromatic N) is 1. The lowest BCUT2D eigenvalue weighted by atomic mass is 10.1. The van der Waals surface area contributed by atoms with E-state index in [-0.39, 0.29) is 18.2 Å². The number of hydrogen-bond acceptors (Lipinski definition) is 3. The molecule has 1 rings (SSSR count). The summed E-state index contributed by atoms with van der Waals surface area (Å²) in [7, 11) is 1.63. The molecule has 0 spiro atoms. The van der Waals surface area contributed by atoms with Crippen molar-refractivity contribution < 1.29 is 19.5 Å². The first-order valence-electron chi connectivity index (χ1n) is 6.81. The van der Waals surface area contributed by atoms with Crippen LogP contribution >= 0.6 is 0 Å². The SMILES string of the molecule is CCC(=O)Nc1cccc(C(=O)N(C)CCCC(=O)O)c1. The van der Waals surface area contributed by atoms with Crippen molar-refractivity contribution in [1.82, 2.24) is 4.90 Å². The molecule has 2 amide bonds. The molecule has 0 aliphatic carbocycles. The predicted octanol–water partition coefficient (Wildman–Crippen LogP) is 1.97. The van der Waals surface area contributed by atoms with Crippen LogP contribution in [0.5, 0.6) is 0 Å². The highest BCUT2D eigenvalue weighted by Crippen LogP contribution is 2.13. The van der Waals surface area contributed by atoms with Crippen LogP contribution in [0.1, 0.15) is 36.5 Å². The summed E-state index contributed by atoms with van der Waals surface area (Å²) >= 11 is 0. The van der Waals surface area contributed by atoms with Gasteiger partial charge in [-0.25, -0.2) is 0 Å². The van der Waals surface area contributed by atoms with Gasteiger partial charge in [-0.05, 0) is 24.6 Å². The van der Waals surface area contributed by atoms with Crippen LogP contribution in [-0.2, 0) is 9.59 Å². The molecule has 21 heavy (non-hydrogen) atoms. The molecule has 0 fully saturated rings. The van der Waals surface area contributed by atoms with Gasteiger partial charge in [0.1, 0.15) is 0 Å². The van der Waals surface area contributed by atoms with E-state index in [4.69, 9.17) is 5.11 Å². The predicted molar refractivity (Wildman–Crippen MR) is 79.2 cm³/mol. The molecule has 1 aromatic rings. The third kappa shape index (κ3) is 5.64. The average molecular weight is 292 g/mol. The van der Waals surface area contributed by atoms with E-state index in [9.17, 15) is 14.4 Å². The van der Waals surface area contributed by atoms with Crippen molar-refractivity contribution in [2.75, 3.05) is 18.9 Å². The van der Waals surface area contributed by atoms with Crippen molar-refractivity contribution in [3.05, 3.63) is 29.8 Å². The van der Waals surface area contributed by atoms with Gasteiger partial charge in [0.25, 0.3) is 5.91 Å². The summed E-state index contributed by atoms with van der Waals surface area (Å²) in [6.07, 6.45) is 0.807. The summed E-state index contributed by atoms with van der Waals surface area (Å²) in [6.45, 7) is 2.12. The van der Waals surface area contributed by atoms with Gasteiger partial charge in [-0.1, -0.05) is 13.0 Å². The molecule has 0 radical (unpaired) electrons. The number of carbonyl (C=O) groups excluding carboxylic acids is 2. The molecule has 0 aliphatic rings. The maximum Gasteiger partial charge on any atom is 0.303 e. The summed E-state index contributed by atoms with van der Waals surface area (Å²) in [6, 6.07) is 6.69. The van der Waals surface area contributed by atoms with E-state index in [1.54, 1.807) is 38.2 Å². The van der Waals surface area contributed by atoms with Crippen molar-refractivity contribution in [1.29, 1.82) is 0 Å². The zero-order chi connectivity index (χ0) is 15.8. The lowest BCUT2D eigenvalue weighted by molar-refractivity contribution is -0.137. The van der Waals surface area contributed by atoms with Crippen molar-refractivity contribution in [3.8, 4) is 0 Å². The minimum absolute atomic E-state index is 0.0320. The fraction of sp³-hybridized carbons (Fsp3) is 0.400. The van der Waals surface area contributed by atoms with Crippen LogP contribution in [0.2, 0.25) is 0 Å². The van der Waals surface area contributed by atoms with Gasteiger partial charge in [0.2, 0.25) is 5.91 Å². The first-order valence-corrected chi connectivity index (χ1v) is 6.81. The van der Waals surface area contributed by atoms with Crippen LogP contribution < -0.4 is 5.32 Å². The Labute approximate surface area is 123 Å². The quantitative estimate of drug-likeness (QED) is 0.804. The molecule has 1 aromatic carbocycles. The molecule has 0 unspecified atom stereocenters. The Morgan fingerprint density at radius 3 is 2.62 bits per heavy atom. The number of aliphatic carboxylic acids is 1. The molecule has 0 saturated heterocycles. The molecule has 2 N–H and O–H groups in total. The number of benzene rings is 1. The molecule has 114 valence electrons. The highest BCUT2D eigenvalue weighted by atomic mass is 16.4. The number of carboxylic acids is 1. The van der Waals surface area contributed by atoms with Crippen LogP contribution in [0.3, 0.4) is 0 Å². The number of carboxylic acid groups (broad SMARTS) is 1. The van der Waals surface area contributed by atoms with E-state index in [0.717, 1.165) is 0 Å². The molecular weight excluding hydrogens is 272 g/mol. The van der Waals surface area contributed by atoms with Crippen molar-refractivity contribution in [2.24, 2.45) is 0 Å². The first kappa shape index (κ1) is 16.7. The average Bonchev–Trinajstić information content (AvgIpc) is 2.46. The van der Waals surface area contributed by atoms with Crippen molar-refractivity contribution in [3.63, 3.8) is 0 Å². The van der Waals surface area contributed by atoms with E-state index in [1.165, 1.54) is 4.90 Å². The van der Waals surface area contributed by atoms with E-state index in [2.05, 4.69) is 5.32 Å². The highest BCUT2D eigenvalue weighted by molar-refractivity contribution is 5.97. The number of carbonyl (C=O) groups is 3. The lowest BCUT2D eigenvalue weighted by Gasteiger charge is -2.17. The highest BCUT2D eigenvalue weighted by Gasteiger charge is 2.12. The fourth-order valence-corrected chi connectivity index (χ4v) is 1.77. The number of anilines is 1. The zero-order valence-corrected chi connectivity index (χ0v) is 12.3. The Hall–Kier alpha value is -2.37. The van der Waals surface area contributed by atoms with E-state index >= 15 is 0 Å². The monoisotopic (exact) mass is 292 g/mol. The van der Waals surface area contributed by atoms with Gasteiger partial charge >= 0.3 is 5.97 Å². The van der Waals surface area contributed by atoms with Crippen LogP contribution in [0.15, 0.2) is 24.3 Å². The Morgan fingerprint density at radius 2 is 2.00 bits per heavy atom. The summed E-state index contributed by atoms with van der Waals surface area (Å²) in [5.74, 6) is -1.19. The van der Waals surface area contributed by atoms with E-state index in [1.807, 2.05) is 0 Å². The molecule has 0 bridgehead atoms. The number of nitrogens with one attached hydrogen (secondary N) is 1. The molecule has 0 atom stereocenters. The summed E-state index contributed by atoms with van der Waals surface area (Å²) < 4.78 is 0. The zero-order valence-electron chi connectivity index (χ0n) is 12.3. The maximum atomic E-state index is 12.2. The van der Waals surface area contributed by atoms with Crippen LogP contribution in [0, 0.1) is 0 Å². The van der Waals surface area contributed by atoms with Gasteiger partial charge in [-0.2, -0.15) is 0 Å². The third-order valence-corrected chi connectivity index (χ3v) is 2.95. The minimum atomic E-state index is -0.875. The van der Waals surface area contributed by atoms with Crippen molar-refractivity contribution >= 4 is 23.5 Å². The van der Waals surface area contributed by atoms with Gasteiger partial charge in [0.05, 0.1) is 0 Å². The van der Waals surface area contributed by atoms with Gasteiger partial charge < -0.3 is 15.3 Å². The van der Waals surface area contributed by atoms with Gasteiger partial charge in [0.15, 0.2) is 0 Å². The molecule has 0 saturated carbocycles. The standard InChI is InChI=1S/C15H20N2O4/c1-3-13(18)16-12-7-4-6-11(10-12)15(21)17(2)9-5-8-14(19)20/h4,6-7,10H,3,5,8-9H2,1-2H3,(H,16,18)(H,19,20). The summed E-state index contributed by atoms with van der Waals surface area (Å²) in [4.78, 5) is 35.5. The second-order valence-electron chi connectivity index (χ2n) is 4.71. The molecule has 0 aromatic heterocycles. The van der Waals surface area contributed by atoms with Crippen LogP contribution in [0.25, 0.3) is 0 Å². The largest absolute Gasteiger partial charge is 0.481 e. The second-order valence-corrected chi connectivity index (χ2v) is 4.71. The van der Waals surface area contributed by atoms with Crippen molar-refractivity contribution in [2.45, 2.75) is 26.2 Å². The maximum absolute atomic E-state index is 12.2. The third-order valence-electron chi connectivity index (χ3n) is 2.95. The molecule has 6 nitrogen and oxygen atoms in total. The normalized spacial score (nSPS) is 10.0. The Bertz CT molecular complexity index is 528.